The third-order valence-electron chi connectivity index (χ3n) is 8.82. The van der Waals surface area contributed by atoms with E-state index in [4.69, 9.17) is 4.42 Å². The molecule has 8 aromatic carbocycles. The molecule has 0 amide bonds. The minimum atomic E-state index is 0.904. The van der Waals surface area contributed by atoms with Crippen LogP contribution in [0.4, 0.5) is 17.1 Å². The molecule has 0 atom stereocenters. The zero-order chi connectivity index (χ0) is 29.0. The van der Waals surface area contributed by atoms with E-state index >= 15 is 0 Å². The van der Waals surface area contributed by atoms with E-state index in [9.17, 15) is 0 Å². The van der Waals surface area contributed by atoms with Gasteiger partial charge in [0, 0.05) is 32.9 Å². The number of benzene rings is 8. The SMILES string of the molecule is c1ccc(-c2ccc(N(c3ccc4c(ccc5ccccc54)c3)c3cc4c5ccccc5oc4c4ccccc34)cc2)cc1. The van der Waals surface area contributed by atoms with Gasteiger partial charge in [-0.05, 0) is 69.1 Å². The highest BCUT2D eigenvalue weighted by Crippen LogP contribution is 2.45. The second-order valence-electron chi connectivity index (χ2n) is 11.4. The molecule has 0 radical (unpaired) electrons. The molecule has 0 unspecified atom stereocenters. The standard InChI is InChI=1S/C42H27NO/c1-2-10-28(11-3-1)29-20-22-32(23-21-29)43(33-24-25-35-31(26-33)19-18-30-12-4-5-13-34(30)35)40-27-39-37-15-8-9-17-41(37)44-42(39)38-16-7-6-14-36(38)40/h1-27H. The van der Waals surface area contributed by atoms with Gasteiger partial charge >= 0.3 is 0 Å². The molecule has 0 spiro atoms. The maximum Gasteiger partial charge on any atom is 0.143 e. The van der Waals surface area contributed by atoms with Gasteiger partial charge in [-0.3, -0.25) is 0 Å². The van der Waals surface area contributed by atoms with Crippen LogP contribution < -0.4 is 4.90 Å². The van der Waals surface area contributed by atoms with Crippen LogP contribution >= 0.6 is 0 Å². The lowest BCUT2D eigenvalue weighted by Gasteiger charge is -2.27. The van der Waals surface area contributed by atoms with Gasteiger partial charge in [0.15, 0.2) is 0 Å². The fraction of sp³-hybridized carbons (Fsp3) is 0. The van der Waals surface area contributed by atoms with E-state index in [1.54, 1.807) is 0 Å². The summed E-state index contributed by atoms with van der Waals surface area (Å²) in [6, 6.07) is 58.6. The predicted molar refractivity (Wildman–Crippen MR) is 186 cm³/mol. The van der Waals surface area contributed by atoms with Crippen LogP contribution in [0.25, 0.3) is 65.4 Å². The smallest absolute Gasteiger partial charge is 0.143 e. The quantitative estimate of drug-likeness (QED) is 0.199. The topological polar surface area (TPSA) is 16.4 Å². The van der Waals surface area contributed by atoms with Crippen molar-refractivity contribution in [1.29, 1.82) is 0 Å². The zero-order valence-corrected chi connectivity index (χ0v) is 23.9. The number of fused-ring (bicyclic) bond motifs is 8. The molecule has 0 N–H and O–H groups in total. The van der Waals surface area contributed by atoms with Crippen LogP contribution in [0, 0.1) is 0 Å². The highest BCUT2D eigenvalue weighted by atomic mass is 16.3. The summed E-state index contributed by atoms with van der Waals surface area (Å²) in [4.78, 5) is 2.40. The number of hydrogen-bond donors (Lipinski definition) is 0. The first-order chi connectivity index (χ1) is 21.8. The fourth-order valence-corrected chi connectivity index (χ4v) is 6.71. The lowest BCUT2D eigenvalue weighted by atomic mass is 9.99. The average molecular weight is 562 g/mol. The fourth-order valence-electron chi connectivity index (χ4n) is 6.71. The van der Waals surface area contributed by atoms with Gasteiger partial charge in [0.1, 0.15) is 11.2 Å². The molecule has 1 heterocycles. The highest BCUT2D eigenvalue weighted by Gasteiger charge is 2.20. The van der Waals surface area contributed by atoms with Gasteiger partial charge in [-0.2, -0.15) is 0 Å². The number of para-hydroxylation sites is 1. The van der Waals surface area contributed by atoms with E-state index in [-0.39, 0.29) is 0 Å². The third kappa shape index (κ3) is 3.89. The van der Waals surface area contributed by atoms with Crippen LogP contribution in [0.1, 0.15) is 0 Å². The van der Waals surface area contributed by atoms with E-state index in [0.29, 0.717) is 0 Å². The summed E-state index contributed by atoms with van der Waals surface area (Å²) < 4.78 is 6.46. The largest absolute Gasteiger partial charge is 0.455 e. The molecule has 0 aliphatic carbocycles. The molecule has 2 nitrogen and oxygen atoms in total. The molecule has 2 heteroatoms. The van der Waals surface area contributed by atoms with Gasteiger partial charge in [0.05, 0.1) is 5.69 Å². The summed E-state index contributed by atoms with van der Waals surface area (Å²) in [7, 11) is 0. The monoisotopic (exact) mass is 561 g/mol. The number of rotatable bonds is 4. The van der Waals surface area contributed by atoms with Gasteiger partial charge in [-0.15, -0.1) is 0 Å². The van der Waals surface area contributed by atoms with Crippen molar-refractivity contribution < 1.29 is 4.42 Å². The highest BCUT2D eigenvalue weighted by molar-refractivity contribution is 6.20. The molecule has 0 fully saturated rings. The van der Waals surface area contributed by atoms with Crippen molar-refractivity contribution in [3.63, 3.8) is 0 Å². The zero-order valence-electron chi connectivity index (χ0n) is 23.9. The Labute approximate surface area is 255 Å². The predicted octanol–water partition coefficient (Wildman–Crippen LogP) is 12.2. The van der Waals surface area contributed by atoms with Crippen LogP contribution in [0.5, 0.6) is 0 Å². The summed E-state index contributed by atoms with van der Waals surface area (Å²) in [5, 5.41) is 9.49. The Morgan fingerprint density at radius 3 is 1.82 bits per heavy atom. The van der Waals surface area contributed by atoms with Crippen molar-refractivity contribution in [3.8, 4) is 11.1 Å². The average Bonchev–Trinajstić information content (AvgIpc) is 3.48. The van der Waals surface area contributed by atoms with E-state index in [1.165, 1.54) is 32.7 Å². The van der Waals surface area contributed by atoms with E-state index in [0.717, 1.165) is 49.8 Å². The number of nitrogens with zero attached hydrogens (tertiary/aromatic N) is 1. The number of anilines is 3. The molecular formula is C42H27NO. The van der Waals surface area contributed by atoms with E-state index in [1.807, 2.05) is 6.07 Å². The van der Waals surface area contributed by atoms with Crippen LogP contribution in [-0.4, -0.2) is 0 Å². The van der Waals surface area contributed by atoms with Crippen LogP contribution in [0.2, 0.25) is 0 Å². The Hall–Kier alpha value is -5.86. The van der Waals surface area contributed by atoms with Gasteiger partial charge in [-0.25, -0.2) is 0 Å². The molecule has 0 aliphatic rings. The van der Waals surface area contributed by atoms with Crippen LogP contribution in [0.15, 0.2) is 168 Å². The Bertz CT molecular complexity index is 2490. The van der Waals surface area contributed by atoms with E-state index in [2.05, 4.69) is 163 Å². The van der Waals surface area contributed by atoms with Gasteiger partial charge in [-0.1, -0.05) is 127 Å². The maximum absolute atomic E-state index is 6.46. The van der Waals surface area contributed by atoms with Gasteiger partial charge < -0.3 is 9.32 Å². The third-order valence-corrected chi connectivity index (χ3v) is 8.82. The second kappa shape index (κ2) is 9.86. The first-order valence-corrected chi connectivity index (χ1v) is 15.0. The summed E-state index contributed by atoms with van der Waals surface area (Å²) in [6.45, 7) is 0. The van der Waals surface area contributed by atoms with Crippen molar-refractivity contribution >= 4 is 71.3 Å². The molecular weight excluding hydrogens is 534 g/mol. The maximum atomic E-state index is 6.46. The lowest BCUT2D eigenvalue weighted by Crippen LogP contribution is -2.10. The first-order valence-electron chi connectivity index (χ1n) is 15.0. The minimum Gasteiger partial charge on any atom is -0.455 e. The number of furan rings is 1. The van der Waals surface area contributed by atoms with Crippen molar-refractivity contribution in [2.75, 3.05) is 4.90 Å². The summed E-state index contributed by atoms with van der Waals surface area (Å²) >= 11 is 0. The van der Waals surface area contributed by atoms with Crippen molar-refractivity contribution in [3.05, 3.63) is 164 Å². The van der Waals surface area contributed by atoms with Gasteiger partial charge in [0.25, 0.3) is 0 Å². The van der Waals surface area contributed by atoms with Crippen molar-refractivity contribution in [2.24, 2.45) is 0 Å². The summed E-state index contributed by atoms with van der Waals surface area (Å²) in [5.41, 5.74) is 7.56. The normalized spacial score (nSPS) is 11.6. The Morgan fingerprint density at radius 1 is 0.364 bits per heavy atom. The Morgan fingerprint density at radius 2 is 0.977 bits per heavy atom. The number of hydrogen-bond acceptors (Lipinski definition) is 2. The molecule has 9 aromatic rings. The molecule has 206 valence electrons. The molecule has 44 heavy (non-hydrogen) atoms. The molecule has 0 saturated carbocycles. The van der Waals surface area contributed by atoms with Gasteiger partial charge in [0.2, 0.25) is 0 Å². The summed E-state index contributed by atoms with van der Waals surface area (Å²) in [6.07, 6.45) is 0. The molecule has 9 rings (SSSR count). The molecule has 0 bridgehead atoms. The van der Waals surface area contributed by atoms with E-state index < -0.39 is 0 Å². The Balaban J connectivity index is 1.32. The van der Waals surface area contributed by atoms with Crippen LogP contribution in [-0.2, 0) is 0 Å². The molecule has 0 saturated heterocycles. The van der Waals surface area contributed by atoms with Crippen molar-refractivity contribution in [2.45, 2.75) is 0 Å². The Kier molecular flexibility index (Phi) is 5.54. The minimum absolute atomic E-state index is 0.904. The first kappa shape index (κ1) is 24.7. The lowest BCUT2D eigenvalue weighted by molar-refractivity contribution is 0.672. The molecule has 1 aromatic heterocycles. The second-order valence-corrected chi connectivity index (χ2v) is 11.4. The summed E-state index contributed by atoms with van der Waals surface area (Å²) in [5.74, 6) is 0. The van der Waals surface area contributed by atoms with Crippen molar-refractivity contribution in [1.82, 2.24) is 0 Å². The van der Waals surface area contributed by atoms with Crippen LogP contribution in [0.3, 0.4) is 0 Å². The molecule has 0 aliphatic heterocycles.